The SMILES string of the molecule is CC1(C)Cc2c(OS(=O)(=O)C(F)(F)F)ccc(C#N)c2O1. The third-order valence-corrected chi connectivity index (χ3v) is 3.77. The van der Waals surface area contributed by atoms with Crippen LogP contribution in [0.25, 0.3) is 0 Å². The lowest BCUT2D eigenvalue weighted by atomic mass is 10.00. The molecule has 9 heteroatoms. The van der Waals surface area contributed by atoms with E-state index in [2.05, 4.69) is 4.18 Å². The second kappa shape index (κ2) is 4.53. The molecule has 0 aromatic heterocycles. The van der Waals surface area contributed by atoms with Crippen molar-refractivity contribution in [2.45, 2.75) is 31.4 Å². The fourth-order valence-corrected chi connectivity index (χ4v) is 2.45. The summed E-state index contributed by atoms with van der Waals surface area (Å²) in [5.74, 6) is -0.427. The summed E-state index contributed by atoms with van der Waals surface area (Å²) in [6, 6.07) is 4.01. The second-order valence-corrected chi connectivity index (χ2v) is 6.59. The molecule has 1 aliphatic heterocycles. The molecule has 0 N–H and O–H groups in total. The van der Waals surface area contributed by atoms with Crippen molar-refractivity contribution in [3.05, 3.63) is 23.3 Å². The molecule has 0 amide bonds. The molecular formula is C12H10F3NO4S. The molecule has 0 unspecified atom stereocenters. The van der Waals surface area contributed by atoms with Crippen LogP contribution in [0.4, 0.5) is 13.2 Å². The number of ether oxygens (including phenoxy) is 1. The maximum absolute atomic E-state index is 12.4. The summed E-state index contributed by atoms with van der Waals surface area (Å²) >= 11 is 0. The Bertz CT molecular complexity index is 732. The zero-order chi connectivity index (χ0) is 16.1. The molecule has 114 valence electrons. The van der Waals surface area contributed by atoms with Crippen LogP contribution in [0.3, 0.4) is 0 Å². The quantitative estimate of drug-likeness (QED) is 0.618. The predicted octanol–water partition coefficient (Wildman–Crippen LogP) is 2.50. The third kappa shape index (κ3) is 2.76. The number of alkyl halides is 3. The Hall–Kier alpha value is -1.95. The van der Waals surface area contributed by atoms with Gasteiger partial charge in [-0.15, -0.1) is 0 Å². The van der Waals surface area contributed by atoms with Crippen molar-refractivity contribution >= 4 is 10.1 Å². The van der Waals surface area contributed by atoms with Crippen molar-refractivity contribution in [2.75, 3.05) is 0 Å². The Balaban J connectivity index is 2.51. The zero-order valence-corrected chi connectivity index (χ0v) is 11.8. The van der Waals surface area contributed by atoms with Gasteiger partial charge in [-0.3, -0.25) is 0 Å². The Morgan fingerprint density at radius 3 is 2.52 bits per heavy atom. The molecule has 1 aromatic rings. The van der Waals surface area contributed by atoms with Gasteiger partial charge in [-0.2, -0.15) is 26.9 Å². The summed E-state index contributed by atoms with van der Waals surface area (Å²) in [4.78, 5) is 0. The van der Waals surface area contributed by atoms with Crippen molar-refractivity contribution in [1.82, 2.24) is 0 Å². The van der Waals surface area contributed by atoms with Crippen molar-refractivity contribution in [3.63, 3.8) is 0 Å². The normalized spacial score (nSPS) is 16.8. The molecule has 1 aliphatic rings. The highest BCUT2D eigenvalue weighted by molar-refractivity contribution is 7.88. The minimum Gasteiger partial charge on any atom is -0.486 e. The predicted molar refractivity (Wildman–Crippen MR) is 65.2 cm³/mol. The van der Waals surface area contributed by atoms with Gasteiger partial charge in [0.1, 0.15) is 23.2 Å². The maximum Gasteiger partial charge on any atom is 0.534 e. The van der Waals surface area contributed by atoms with Crippen LogP contribution in [0.1, 0.15) is 25.0 Å². The monoisotopic (exact) mass is 321 g/mol. The van der Waals surface area contributed by atoms with E-state index in [1.807, 2.05) is 6.07 Å². The van der Waals surface area contributed by atoms with Gasteiger partial charge in [0.2, 0.25) is 0 Å². The third-order valence-electron chi connectivity index (χ3n) is 2.80. The van der Waals surface area contributed by atoms with E-state index in [1.165, 1.54) is 0 Å². The highest BCUT2D eigenvalue weighted by Crippen LogP contribution is 2.43. The maximum atomic E-state index is 12.4. The highest BCUT2D eigenvalue weighted by atomic mass is 32.2. The van der Waals surface area contributed by atoms with Crippen LogP contribution in [0.2, 0.25) is 0 Å². The molecule has 0 fully saturated rings. The number of halogens is 3. The van der Waals surface area contributed by atoms with Crippen LogP contribution in [-0.4, -0.2) is 19.5 Å². The van der Waals surface area contributed by atoms with Gasteiger partial charge in [0, 0.05) is 12.0 Å². The molecule has 5 nitrogen and oxygen atoms in total. The molecular weight excluding hydrogens is 311 g/mol. The lowest BCUT2D eigenvalue weighted by molar-refractivity contribution is -0.0500. The number of hydrogen-bond acceptors (Lipinski definition) is 5. The van der Waals surface area contributed by atoms with Crippen LogP contribution >= 0.6 is 0 Å². The number of rotatable bonds is 2. The molecule has 0 bridgehead atoms. The van der Waals surface area contributed by atoms with Crippen molar-refractivity contribution < 1.29 is 30.5 Å². The van der Waals surface area contributed by atoms with Gasteiger partial charge in [-0.25, -0.2) is 0 Å². The molecule has 0 atom stereocenters. The standard InChI is InChI=1S/C12H10F3NO4S/c1-11(2)5-8-9(20-21(17,18)12(13,14)15)4-3-7(6-16)10(8)19-11/h3-4H,5H2,1-2H3. The topological polar surface area (TPSA) is 76.4 Å². The van der Waals surface area contributed by atoms with Crippen molar-refractivity contribution in [2.24, 2.45) is 0 Å². The van der Waals surface area contributed by atoms with Crippen LogP contribution < -0.4 is 8.92 Å². The highest BCUT2D eigenvalue weighted by Gasteiger charge is 2.49. The molecule has 1 heterocycles. The molecule has 0 saturated carbocycles. The van der Waals surface area contributed by atoms with Gasteiger partial charge >= 0.3 is 15.6 Å². The summed E-state index contributed by atoms with van der Waals surface area (Å²) in [6.07, 6.45) is 0.126. The van der Waals surface area contributed by atoms with Gasteiger partial charge in [0.15, 0.2) is 0 Å². The van der Waals surface area contributed by atoms with Gasteiger partial charge in [-0.1, -0.05) is 0 Å². The average molecular weight is 321 g/mol. The first-order valence-electron chi connectivity index (χ1n) is 5.72. The molecule has 0 spiro atoms. The number of nitriles is 1. The molecule has 21 heavy (non-hydrogen) atoms. The summed E-state index contributed by atoms with van der Waals surface area (Å²) in [7, 11) is -5.77. The second-order valence-electron chi connectivity index (χ2n) is 5.05. The lowest BCUT2D eigenvalue weighted by Gasteiger charge is -2.17. The fraction of sp³-hybridized carbons (Fsp3) is 0.417. The van der Waals surface area contributed by atoms with E-state index in [4.69, 9.17) is 10.00 Å². The van der Waals surface area contributed by atoms with Crippen LogP contribution in [0.5, 0.6) is 11.5 Å². The molecule has 0 aliphatic carbocycles. The first-order chi connectivity index (χ1) is 9.47. The first kappa shape index (κ1) is 15.4. The van der Waals surface area contributed by atoms with Crippen molar-refractivity contribution in [1.29, 1.82) is 5.26 Å². The summed E-state index contributed by atoms with van der Waals surface area (Å²) < 4.78 is 68.9. The Morgan fingerprint density at radius 1 is 1.38 bits per heavy atom. The minimum atomic E-state index is -5.77. The number of hydrogen-bond donors (Lipinski definition) is 0. The molecule has 0 saturated heterocycles. The molecule has 2 rings (SSSR count). The molecule has 1 aromatic carbocycles. The number of fused-ring (bicyclic) bond motifs is 1. The van der Waals surface area contributed by atoms with Crippen molar-refractivity contribution in [3.8, 4) is 17.6 Å². The van der Waals surface area contributed by atoms with E-state index in [9.17, 15) is 21.6 Å². The fourth-order valence-electron chi connectivity index (χ4n) is 1.96. The van der Waals surface area contributed by atoms with E-state index in [-0.39, 0.29) is 23.3 Å². The summed E-state index contributed by atoms with van der Waals surface area (Å²) in [5.41, 5.74) is -6.06. The van der Waals surface area contributed by atoms with Crippen LogP contribution in [-0.2, 0) is 16.5 Å². The van der Waals surface area contributed by atoms with E-state index >= 15 is 0 Å². The van der Waals surface area contributed by atoms with E-state index < -0.39 is 27.0 Å². The van der Waals surface area contributed by atoms with Gasteiger partial charge in [0.25, 0.3) is 0 Å². The Labute approximate surface area is 119 Å². The van der Waals surface area contributed by atoms with Gasteiger partial charge in [-0.05, 0) is 26.0 Å². The minimum absolute atomic E-state index is 0.0531. The molecule has 0 radical (unpaired) electrons. The van der Waals surface area contributed by atoms with Crippen LogP contribution in [0.15, 0.2) is 12.1 Å². The number of nitrogens with zero attached hydrogens (tertiary/aromatic N) is 1. The van der Waals surface area contributed by atoms with Crippen LogP contribution in [0, 0.1) is 11.3 Å². The Kier molecular flexibility index (Phi) is 3.33. The van der Waals surface area contributed by atoms with Gasteiger partial charge < -0.3 is 8.92 Å². The lowest BCUT2D eigenvalue weighted by Crippen LogP contribution is -2.28. The smallest absolute Gasteiger partial charge is 0.486 e. The van der Waals surface area contributed by atoms with E-state index in [1.54, 1.807) is 13.8 Å². The largest absolute Gasteiger partial charge is 0.534 e. The van der Waals surface area contributed by atoms with Gasteiger partial charge in [0.05, 0.1) is 5.56 Å². The number of benzene rings is 1. The first-order valence-corrected chi connectivity index (χ1v) is 7.13. The van der Waals surface area contributed by atoms with E-state index in [0.29, 0.717) is 0 Å². The summed E-state index contributed by atoms with van der Waals surface area (Å²) in [6.45, 7) is 3.33. The average Bonchev–Trinajstić information content (AvgIpc) is 2.63. The van der Waals surface area contributed by atoms with E-state index in [0.717, 1.165) is 12.1 Å². The zero-order valence-electron chi connectivity index (χ0n) is 11.0. The Morgan fingerprint density at radius 2 is 2.00 bits per heavy atom. The summed E-state index contributed by atoms with van der Waals surface area (Å²) in [5, 5.41) is 8.96.